The molecule has 0 saturated heterocycles. The summed E-state index contributed by atoms with van der Waals surface area (Å²) in [5.74, 6) is 0.972. The fourth-order valence-corrected chi connectivity index (χ4v) is 2.67. The summed E-state index contributed by atoms with van der Waals surface area (Å²) in [6.45, 7) is 4.20. The Hall–Kier alpha value is -2.13. The van der Waals surface area contributed by atoms with Gasteiger partial charge in [-0.2, -0.15) is 0 Å². The predicted octanol–water partition coefficient (Wildman–Crippen LogP) is -0.0847. The van der Waals surface area contributed by atoms with E-state index >= 15 is 0 Å². The number of aliphatic imine (C=N–C) groups is 1. The molecule has 1 saturated carbocycles. The highest BCUT2D eigenvalue weighted by atomic mass is 32.2. The second-order valence-corrected chi connectivity index (χ2v) is 7.44. The molecule has 9 heteroatoms. The third-order valence-corrected chi connectivity index (χ3v) is 4.61. The number of primary sulfonamides is 1. The molecule has 0 bridgehead atoms. The number of carbonyl (C=O) groups is 1. The van der Waals surface area contributed by atoms with Gasteiger partial charge in [0.1, 0.15) is 0 Å². The Morgan fingerprint density at radius 3 is 2.36 bits per heavy atom. The van der Waals surface area contributed by atoms with Crippen molar-refractivity contribution < 1.29 is 13.2 Å². The van der Waals surface area contributed by atoms with Crippen LogP contribution in [0.1, 0.15) is 25.3 Å². The van der Waals surface area contributed by atoms with E-state index in [1.165, 1.54) is 12.1 Å². The zero-order valence-electron chi connectivity index (χ0n) is 14.3. The summed E-state index contributed by atoms with van der Waals surface area (Å²) in [6.07, 6.45) is 1.99. The zero-order valence-corrected chi connectivity index (χ0v) is 15.1. The molecular formula is C16H25N5O3S. The summed E-state index contributed by atoms with van der Waals surface area (Å²) in [5, 5.41) is 14.2. The molecule has 0 unspecified atom stereocenters. The number of nitrogens with one attached hydrogen (secondary N) is 3. The number of amides is 1. The summed E-state index contributed by atoms with van der Waals surface area (Å²) in [7, 11) is -3.68. The Kier molecular flexibility index (Phi) is 6.77. The highest BCUT2D eigenvalue weighted by Gasteiger charge is 2.28. The second-order valence-electron chi connectivity index (χ2n) is 5.88. The van der Waals surface area contributed by atoms with Crippen LogP contribution < -0.4 is 21.1 Å². The molecular weight excluding hydrogens is 342 g/mol. The van der Waals surface area contributed by atoms with Crippen LogP contribution in [0.3, 0.4) is 0 Å². The largest absolute Gasteiger partial charge is 0.357 e. The van der Waals surface area contributed by atoms with Crippen molar-refractivity contribution in [1.82, 2.24) is 16.0 Å². The van der Waals surface area contributed by atoms with Crippen molar-refractivity contribution in [1.29, 1.82) is 0 Å². The van der Waals surface area contributed by atoms with Crippen LogP contribution in [-0.4, -0.2) is 39.9 Å². The lowest BCUT2D eigenvalue weighted by atomic mass is 10.2. The first-order valence-electron chi connectivity index (χ1n) is 8.31. The Balaban J connectivity index is 1.82. The maximum atomic E-state index is 11.5. The molecule has 0 heterocycles. The van der Waals surface area contributed by atoms with Crippen molar-refractivity contribution in [3.05, 3.63) is 29.8 Å². The van der Waals surface area contributed by atoms with Gasteiger partial charge in [-0.3, -0.25) is 4.79 Å². The Labute approximate surface area is 148 Å². The number of nitrogens with two attached hydrogens (primary N) is 1. The lowest BCUT2D eigenvalue weighted by Crippen LogP contribution is -2.41. The number of sulfonamides is 1. The van der Waals surface area contributed by atoms with E-state index in [2.05, 4.69) is 20.9 Å². The van der Waals surface area contributed by atoms with Crippen LogP contribution in [0.2, 0.25) is 0 Å². The SMILES string of the molecule is CCNC(=NCc1ccc(S(N)(=O)=O)cc1)NCCNC(=O)C1CC1. The first-order valence-corrected chi connectivity index (χ1v) is 9.86. The highest BCUT2D eigenvalue weighted by Crippen LogP contribution is 2.28. The summed E-state index contributed by atoms with van der Waals surface area (Å²) in [5.41, 5.74) is 0.867. The van der Waals surface area contributed by atoms with Crippen LogP contribution >= 0.6 is 0 Å². The average molecular weight is 367 g/mol. The lowest BCUT2D eigenvalue weighted by Gasteiger charge is -2.12. The first-order chi connectivity index (χ1) is 11.9. The summed E-state index contributed by atoms with van der Waals surface area (Å²) in [4.78, 5) is 16.1. The van der Waals surface area contributed by atoms with Gasteiger partial charge in [0.2, 0.25) is 15.9 Å². The zero-order chi connectivity index (χ0) is 18.3. The number of hydrogen-bond donors (Lipinski definition) is 4. The van der Waals surface area contributed by atoms with Gasteiger partial charge in [0.15, 0.2) is 5.96 Å². The Bertz CT molecular complexity index is 712. The van der Waals surface area contributed by atoms with Crippen LogP contribution in [0, 0.1) is 5.92 Å². The maximum Gasteiger partial charge on any atom is 0.238 e. The van der Waals surface area contributed by atoms with E-state index in [0.29, 0.717) is 32.1 Å². The molecule has 8 nitrogen and oxygen atoms in total. The van der Waals surface area contributed by atoms with Crippen molar-refractivity contribution in [2.45, 2.75) is 31.2 Å². The van der Waals surface area contributed by atoms with Gasteiger partial charge in [0.25, 0.3) is 0 Å². The number of benzene rings is 1. The molecule has 1 aromatic rings. The standard InChI is InChI=1S/C16H25N5O3S/c1-2-18-16(20-10-9-19-15(22)13-5-6-13)21-11-12-3-7-14(8-4-12)25(17,23)24/h3-4,7-8,13H,2,5-6,9-11H2,1H3,(H,19,22)(H2,17,23,24)(H2,18,20,21). The second kappa shape index (κ2) is 8.82. The summed E-state index contributed by atoms with van der Waals surface area (Å²) >= 11 is 0. The van der Waals surface area contributed by atoms with Gasteiger partial charge in [-0.25, -0.2) is 18.5 Å². The smallest absolute Gasteiger partial charge is 0.238 e. The fraction of sp³-hybridized carbons (Fsp3) is 0.500. The van der Waals surface area contributed by atoms with E-state index in [9.17, 15) is 13.2 Å². The maximum absolute atomic E-state index is 11.5. The molecule has 0 aliphatic heterocycles. The molecule has 0 atom stereocenters. The van der Waals surface area contributed by atoms with Gasteiger partial charge in [0.05, 0.1) is 11.4 Å². The van der Waals surface area contributed by atoms with E-state index in [1.54, 1.807) is 12.1 Å². The molecule has 1 aliphatic rings. The van der Waals surface area contributed by atoms with Crippen molar-refractivity contribution >= 4 is 21.9 Å². The molecule has 138 valence electrons. The molecule has 1 aliphatic carbocycles. The van der Waals surface area contributed by atoms with E-state index in [-0.39, 0.29) is 16.7 Å². The van der Waals surface area contributed by atoms with Crippen LogP contribution in [0.25, 0.3) is 0 Å². The topological polar surface area (TPSA) is 126 Å². The molecule has 5 N–H and O–H groups in total. The fourth-order valence-electron chi connectivity index (χ4n) is 2.15. The van der Waals surface area contributed by atoms with E-state index in [0.717, 1.165) is 18.4 Å². The number of rotatable bonds is 8. The van der Waals surface area contributed by atoms with E-state index < -0.39 is 10.0 Å². The first kappa shape index (κ1) is 19.2. The van der Waals surface area contributed by atoms with Crippen LogP contribution in [0.15, 0.2) is 34.2 Å². The minimum absolute atomic E-state index is 0.0802. The van der Waals surface area contributed by atoms with Gasteiger partial charge >= 0.3 is 0 Å². The quantitative estimate of drug-likeness (QED) is 0.290. The van der Waals surface area contributed by atoms with Crippen molar-refractivity contribution in [2.75, 3.05) is 19.6 Å². The number of nitrogens with zero attached hydrogens (tertiary/aromatic N) is 1. The van der Waals surface area contributed by atoms with Crippen molar-refractivity contribution in [3.8, 4) is 0 Å². The minimum Gasteiger partial charge on any atom is -0.357 e. The molecule has 0 radical (unpaired) electrons. The molecule has 0 aromatic heterocycles. The predicted molar refractivity (Wildman–Crippen MR) is 96.4 cm³/mol. The van der Waals surface area contributed by atoms with Crippen LogP contribution in [0.4, 0.5) is 0 Å². The Morgan fingerprint density at radius 1 is 1.16 bits per heavy atom. The normalized spacial score (nSPS) is 14.9. The number of hydrogen-bond acceptors (Lipinski definition) is 4. The van der Waals surface area contributed by atoms with Crippen LogP contribution in [0.5, 0.6) is 0 Å². The molecule has 1 aromatic carbocycles. The number of guanidine groups is 1. The monoisotopic (exact) mass is 367 g/mol. The van der Waals surface area contributed by atoms with Crippen LogP contribution in [-0.2, 0) is 21.4 Å². The molecule has 2 rings (SSSR count). The molecule has 0 spiro atoms. The van der Waals surface area contributed by atoms with Gasteiger partial charge < -0.3 is 16.0 Å². The van der Waals surface area contributed by atoms with Crippen molar-refractivity contribution in [3.63, 3.8) is 0 Å². The third kappa shape index (κ3) is 6.71. The highest BCUT2D eigenvalue weighted by molar-refractivity contribution is 7.89. The third-order valence-electron chi connectivity index (χ3n) is 3.68. The molecule has 1 fully saturated rings. The summed E-state index contributed by atoms with van der Waals surface area (Å²) < 4.78 is 22.5. The van der Waals surface area contributed by atoms with Crippen molar-refractivity contribution in [2.24, 2.45) is 16.0 Å². The number of carbonyl (C=O) groups excluding carboxylic acids is 1. The minimum atomic E-state index is -3.68. The lowest BCUT2D eigenvalue weighted by molar-refractivity contribution is -0.122. The van der Waals surface area contributed by atoms with Gasteiger partial charge in [0, 0.05) is 25.6 Å². The van der Waals surface area contributed by atoms with E-state index in [1.807, 2.05) is 6.92 Å². The van der Waals surface area contributed by atoms with Gasteiger partial charge in [-0.15, -0.1) is 0 Å². The van der Waals surface area contributed by atoms with Gasteiger partial charge in [-0.1, -0.05) is 12.1 Å². The Morgan fingerprint density at radius 2 is 1.80 bits per heavy atom. The van der Waals surface area contributed by atoms with Gasteiger partial charge in [-0.05, 0) is 37.5 Å². The molecule has 25 heavy (non-hydrogen) atoms. The summed E-state index contributed by atoms with van der Waals surface area (Å²) in [6, 6.07) is 6.30. The molecule has 1 amide bonds. The average Bonchev–Trinajstić information content (AvgIpc) is 3.40. The van der Waals surface area contributed by atoms with E-state index in [4.69, 9.17) is 5.14 Å².